The lowest BCUT2D eigenvalue weighted by Gasteiger charge is -2.15. The summed E-state index contributed by atoms with van der Waals surface area (Å²) in [5.41, 5.74) is 2.79. The van der Waals surface area contributed by atoms with Gasteiger partial charge in [-0.2, -0.15) is 5.10 Å². The van der Waals surface area contributed by atoms with Gasteiger partial charge in [0, 0.05) is 30.2 Å². The van der Waals surface area contributed by atoms with Crippen molar-refractivity contribution in [2.24, 2.45) is 0 Å². The number of ketones is 1. The van der Waals surface area contributed by atoms with Gasteiger partial charge in [0.15, 0.2) is 5.78 Å². The van der Waals surface area contributed by atoms with Crippen LogP contribution in [0.2, 0.25) is 0 Å². The number of carbonyl (C=O) groups excluding carboxylic acids is 1. The first-order valence-electron chi connectivity index (χ1n) is 7.38. The number of aromatic nitrogens is 2. The van der Waals surface area contributed by atoms with Crippen LogP contribution in [-0.2, 0) is 6.42 Å². The first-order chi connectivity index (χ1) is 10.5. The summed E-state index contributed by atoms with van der Waals surface area (Å²) in [5, 5.41) is 15.5. The lowest BCUT2D eigenvalue weighted by molar-refractivity contribution is -0.384. The van der Waals surface area contributed by atoms with Crippen molar-refractivity contribution in [2.75, 3.05) is 0 Å². The second kappa shape index (κ2) is 5.36. The van der Waals surface area contributed by atoms with Crippen molar-refractivity contribution in [1.29, 1.82) is 0 Å². The summed E-state index contributed by atoms with van der Waals surface area (Å²) in [4.78, 5) is 22.9. The zero-order chi connectivity index (χ0) is 15.9. The highest BCUT2D eigenvalue weighted by Crippen LogP contribution is 2.33. The van der Waals surface area contributed by atoms with Gasteiger partial charge in [-0.25, -0.2) is 0 Å². The van der Waals surface area contributed by atoms with Gasteiger partial charge in [0.2, 0.25) is 0 Å². The van der Waals surface area contributed by atoms with Gasteiger partial charge in [0.25, 0.3) is 5.69 Å². The molecule has 0 amide bonds. The minimum atomic E-state index is -0.433. The molecule has 0 aliphatic heterocycles. The van der Waals surface area contributed by atoms with Crippen molar-refractivity contribution in [3.8, 4) is 11.3 Å². The molecule has 6 heteroatoms. The summed E-state index contributed by atoms with van der Waals surface area (Å²) in [7, 11) is 0. The van der Waals surface area contributed by atoms with Crippen molar-refractivity contribution in [1.82, 2.24) is 9.78 Å². The van der Waals surface area contributed by atoms with Crippen LogP contribution in [0.4, 0.5) is 5.69 Å². The molecule has 0 saturated heterocycles. The topological polar surface area (TPSA) is 78.0 Å². The van der Waals surface area contributed by atoms with Gasteiger partial charge in [-0.3, -0.25) is 19.6 Å². The minimum absolute atomic E-state index is 0.00797. The van der Waals surface area contributed by atoms with Crippen LogP contribution in [0.3, 0.4) is 0 Å². The van der Waals surface area contributed by atoms with E-state index in [2.05, 4.69) is 5.10 Å². The third kappa shape index (κ3) is 2.30. The fraction of sp³-hybridized carbons (Fsp3) is 0.375. The third-order valence-electron chi connectivity index (χ3n) is 3.93. The van der Waals surface area contributed by atoms with Crippen molar-refractivity contribution in [3.05, 3.63) is 45.6 Å². The van der Waals surface area contributed by atoms with Crippen molar-refractivity contribution >= 4 is 11.5 Å². The van der Waals surface area contributed by atoms with Gasteiger partial charge < -0.3 is 0 Å². The molecule has 0 bridgehead atoms. The number of benzene rings is 1. The van der Waals surface area contributed by atoms with Crippen molar-refractivity contribution in [3.63, 3.8) is 0 Å². The summed E-state index contributed by atoms with van der Waals surface area (Å²) in [6, 6.07) is 6.46. The predicted molar refractivity (Wildman–Crippen MR) is 82.0 cm³/mol. The van der Waals surface area contributed by atoms with Gasteiger partial charge >= 0.3 is 0 Å². The number of nitrogens with zero attached hydrogens (tertiary/aromatic N) is 3. The van der Waals surface area contributed by atoms with E-state index >= 15 is 0 Å². The average molecular weight is 299 g/mol. The molecule has 0 fully saturated rings. The molecule has 0 unspecified atom stereocenters. The molecule has 2 aromatic rings. The standard InChI is InChI=1S/C16H17N3O3/c1-10(2)18-13-7-4-8-14(20)15(13)16(17-18)11-5-3-6-12(9-11)19(21)22/h3,5-6,9-10H,4,7-8H2,1-2H3. The highest BCUT2D eigenvalue weighted by atomic mass is 16.6. The molecule has 1 aliphatic rings. The zero-order valence-corrected chi connectivity index (χ0v) is 12.6. The van der Waals surface area contributed by atoms with E-state index in [1.54, 1.807) is 12.1 Å². The van der Waals surface area contributed by atoms with Crippen LogP contribution in [0.15, 0.2) is 24.3 Å². The van der Waals surface area contributed by atoms with E-state index in [4.69, 9.17) is 0 Å². The number of hydrogen-bond donors (Lipinski definition) is 0. The highest BCUT2D eigenvalue weighted by molar-refractivity contribution is 6.03. The number of nitro groups is 1. The van der Waals surface area contributed by atoms with Crippen LogP contribution in [-0.4, -0.2) is 20.5 Å². The number of Topliss-reactive ketones (excluding diaryl/α,β-unsaturated/α-hetero) is 1. The Labute approximate surface area is 127 Å². The molecule has 1 aliphatic carbocycles. The molecule has 0 N–H and O–H groups in total. The van der Waals surface area contributed by atoms with Gasteiger partial charge in [-0.15, -0.1) is 0 Å². The Kier molecular flexibility index (Phi) is 3.52. The Morgan fingerprint density at radius 2 is 2.09 bits per heavy atom. The molecule has 0 spiro atoms. The maximum Gasteiger partial charge on any atom is 0.270 e. The fourth-order valence-electron chi connectivity index (χ4n) is 2.94. The Balaban J connectivity index is 2.21. The Morgan fingerprint density at radius 3 is 2.77 bits per heavy atom. The molecule has 1 aromatic carbocycles. The maximum atomic E-state index is 12.3. The van der Waals surface area contributed by atoms with Crippen molar-refractivity contribution < 1.29 is 9.72 Å². The Hall–Kier alpha value is -2.50. The second-order valence-corrected chi connectivity index (χ2v) is 5.79. The lowest BCUT2D eigenvalue weighted by Crippen LogP contribution is -2.15. The fourth-order valence-corrected chi connectivity index (χ4v) is 2.94. The molecule has 0 saturated carbocycles. The zero-order valence-electron chi connectivity index (χ0n) is 12.6. The molecule has 6 nitrogen and oxygen atoms in total. The maximum absolute atomic E-state index is 12.3. The summed E-state index contributed by atoms with van der Waals surface area (Å²) in [5.74, 6) is 0.0784. The van der Waals surface area contributed by atoms with Crippen LogP contribution in [0.5, 0.6) is 0 Å². The van der Waals surface area contributed by atoms with E-state index < -0.39 is 4.92 Å². The molecule has 114 valence electrons. The molecule has 0 atom stereocenters. The molecule has 22 heavy (non-hydrogen) atoms. The van der Waals surface area contributed by atoms with Crippen LogP contribution in [0, 0.1) is 10.1 Å². The molecule has 0 radical (unpaired) electrons. The predicted octanol–water partition coefficient (Wildman–Crippen LogP) is 3.56. The SMILES string of the molecule is CC(C)n1nc(-c2cccc([N+](=O)[O-])c2)c2c1CCCC2=O. The van der Waals surface area contributed by atoms with Crippen LogP contribution in [0.25, 0.3) is 11.3 Å². The number of fused-ring (bicyclic) bond motifs is 1. The summed E-state index contributed by atoms with van der Waals surface area (Å²) in [6.45, 7) is 4.03. The van der Waals surface area contributed by atoms with Crippen LogP contribution >= 0.6 is 0 Å². The number of non-ortho nitro benzene ring substituents is 1. The smallest absolute Gasteiger partial charge is 0.270 e. The highest BCUT2D eigenvalue weighted by Gasteiger charge is 2.28. The molecule has 1 aromatic heterocycles. The first-order valence-corrected chi connectivity index (χ1v) is 7.38. The Morgan fingerprint density at radius 1 is 1.32 bits per heavy atom. The lowest BCUT2D eigenvalue weighted by atomic mass is 9.92. The van der Waals surface area contributed by atoms with Gasteiger partial charge in [0.05, 0.1) is 16.2 Å². The molecule has 1 heterocycles. The normalized spacial score (nSPS) is 14.2. The van der Waals surface area contributed by atoms with E-state index in [-0.39, 0.29) is 17.5 Å². The van der Waals surface area contributed by atoms with E-state index in [9.17, 15) is 14.9 Å². The van der Waals surface area contributed by atoms with Crippen LogP contribution in [0.1, 0.15) is 48.8 Å². The summed E-state index contributed by atoms with van der Waals surface area (Å²) in [6.07, 6.45) is 2.17. The molecular weight excluding hydrogens is 282 g/mol. The number of rotatable bonds is 3. The van der Waals surface area contributed by atoms with Gasteiger partial charge in [0.1, 0.15) is 5.69 Å². The molecular formula is C16H17N3O3. The first kappa shape index (κ1) is 14.4. The molecule has 3 rings (SSSR count). The van der Waals surface area contributed by atoms with Gasteiger partial charge in [-0.1, -0.05) is 12.1 Å². The third-order valence-corrected chi connectivity index (χ3v) is 3.93. The van der Waals surface area contributed by atoms with Gasteiger partial charge in [-0.05, 0) is 26.7 Å². The van der Waals surface area contributed by atoms with E-state index in [1.807, 2.05) is 18.5 Å². The second-order valence-electron chi connectivity index (χ2n) is 5.79. The largest absolute Gasteiger partial charge is 0.294 e. The minimum Gasteiger partial charge on any atom is -0.294 e. The number of carbonyl (C=O) groups is 1. The van der Waals surface area contributed by atoms with E-state index in [0.717, 1.165) is 18.5 Å². The number of nitro benzene ring substituents is 1. The number of hydrogen-bond acceptors (Lipinski definition) is 4. The quantitative estimate of drug-likeness (QED) is 0.641. The van der Waals surface area contributed by atoms with E-state index in [1.165, 1.54) is 12.1 Å². The average Bonchev–Trinajstić information content (AvgIpc) is 2.88. The summed E-state index contributed by atoms with van der Waals surface area (Å²) >= 11 is 0. The van der Waals surface area contributed by atoms with Crippen LogP contribution < -0.4 is 0 Å². The van der Waals surface area contributed by atoms with Crippen molar-refractivity contribution in [2.45, 2.75) is 39.2 Å². The Bertz CT molecular complexity index is 762. The summed E-state index contributed by atoms with van der Waals surface area (Å²) < 4.78 is 1.88. The van der Waals surface area contributed by atoms with E-state index in [0.29, 0.717) is 23.2 Å². The monoisotopic (exact) mass is 299 g/mol.